The highest BCUT2D eigenvalue weighted by molar-refractivity contribution is 9.08. The lowest BCUT2D eigenvalue weighted by Crippen LogP contribution is -2.16. The van der Waals surface area contributed by atoms with Crippen molar-refractivity contribution in [2.24, 2.45) is 0 Å². The van der Waals surface area contributed by atoms with Crippen molar-refractivity contribution in [3.05, 3.63) is 64.7 Å². The molecule has 0 unspecified atom stereocenters. The summed E-state index contributed by atoms with van der Waals surface area (Å²) < 4.78 is 0. The molecular weight excluding hydrogens is 310 g/mol. The Hall–Kier alpha value is -0.990. The average Bonchev–Trinajstić information content (AvgIpc) is 2.41. The van der Waals surface area contributed by atoms with Crippen LogP contribution in [0.3, 0.4) is 0 Å². The van der Waals surface area contributed by atoms with Crippen LogP contribution in [-0.4, -0.2) is 7.05 Å². The van der Waals surface area contributed by atoms with E-state index in [0.29, 0.717) is 0 Å². The van der Waals surface area contributed by atoms with E-state index >= 15 is 0 Å². The molecule has 2 rings (SSSR count). The van der Waals surface area contributed by atoms with Gasteiger partial charge in [-0.2, -0.15) is 0 Å². The van der Waals surface area contributed by atoms with E-state index in [2.05, 4.69) is 64.3 Å². The summed E-state index contributed by atoms with van der Waals surface area (Å²) >= 11 is 9.33. The quantitative estimate of drug-likeness (QED) is 0.725. The Morgan fingerprint density at radius 1 is 0.944 bits per heavy atom. The lowest BCUT2D eigenvalue weighted by molar-refractivity contribution is 0.923. The maximum atomic E-state index is 5.88. The molecule has 0 atom stereocenters. The summed E-state index contributed by atoms with van der Waals surface area (Å²) in [6, 6.07) is 16.6. The fourth-order valence-corrected chi connectivity index (χ4v) is 2.29. The van der Waals surface area contributed by atoms with Crippen LogP contribution in [0.2, 0.25) is 5.02 Å². The molecule has 0 radical (unpaired) electrons. The Kier molecular flexibility index (Phi) is 4.67. The van der Waals surface area contributed by atoms with Crippen molar-refractivity contribution in [1.82, 2.24) is 0 Å². The molecule has 0 amide bonds. The summed E-state index contributed by atoms with van der Waals surface area (Å²) in [5.41, 5.74) is 3.76. The van der Waals surface area contributed by atoms with Gasteiger partial charge in [-0.3, -0.25) is 0 Å². The number of halogens is 2. The van der Waals surface area contributed by atoms with Gasteiger partial charge in [0.1, 0.15) is 0 Å². The van der Waals surface area contributed by atoms with Crippen LogP contribution >= 0.6 is 27.5 Å². The second-order valence-electron chi connectivity index (χ2n) is 4.28. The van der Waals surface area contributed by atoms with E-state index in [1.165, 1.54) is 16.8 Å². The number of hydrogen-bond acceptors (Lipinski definition) is 1. The molecule has 0 aromatic heterocycles. The Labute approximate surface area is 122 Å². The first-order chi connectivity index (χ1) is 8.69. The van der Waals surface area contributed by atoms with E-state index in [4.69, 9.17) is 11.6 Å². The van der Waals surface area contributed by atoms with Crippen molar-refractivity contribution >= 4 is 33.2 Å². The van der Waals surface area contributed by atoms with Gasteiger partial charge in [0, 0.05) is 29.6 Å². The van der Waals surface area contributed by atoms with Crippen molar-refractivity contribution in [3.63, 3.8) is 0 Å². The van der Waals surface area contributed by atoms with Gasteiger partial charge >= 0.3 is 0 Å². The first kappa shape index (κ1) is 13.4. The van der Waals surface area contributed by atoms with Crippen molar-refractivity contribution < 1.29 is 0 Å². The molecular formula is C15H15BrClN. The molecule has 0 N–H and O–H groups in total. The number of hydrogen-bond donors (Lipinski definition) is 0. The van der Waals surface area contributed by atoms with Crippen LogP contribution in [0.4, 0.5) is 5.69 Å². The third-order valence-electron chi connectivity index (χ3n) is 2.86. The Morgan fingerprint density at radius 3 is 2.06 bits per heavy atom. The minimum absolute atomic E-state index is 0.781. The molecule has 0 spiro atoms. The highest BCUT2D eigenvalue weighted by Gasteiger charge is 2.02. The minimum atomic E-state index is 0.781. The predicted octanol–water partition coefficient (Wildman–Crippen LogP) is 4.87. The molecule has 0 heterocycles. The third-order valence-corrected chi connectivity index (χ3v) is 3.76. The molecule has 0 saturated heterocycles. The molecule has 18 heavy (non-hydrogen) atoms. The molecule has 94 valence electrons. The molecule has 0 bridgehead atoms. The maximum Gasteiger partial charge on any atom is 0.0426 e. The van der Waals surface area contributed by atoms with Gasteiger partial charge in [-0.05, 0) is 35.4 Å². The lowest BCUT2D eigenvalue weighted by atomic mass is 10.2. The molecule has 0 fully saturated rings. The number of anilines is 1. The molecule has 0 aliphatic rings. The summed E-state index contributed by atoms with van der Waals surface area (Å²) in [5.74, 6) is 0. The van der Waals surface area contributed by atoms with Gasteiger partial charge in [-0.1, -0.05) is 51.8 Å². The van der Waals surface area contributed by atoms with Crippen LogP contribution in [0.15, 0.2) is 48.5 Å². The zero-order chi connectivity index (χ0) is 13.0. The molecule has 2 aromatic rings. The topological polar surface area (TPSA) is 3.24 Å². The molecule has 0 saturated carbocycles. The second-order valence-corrected chi connectivity index (χ2v) is 5.28. The monoisotopic (exact) mass is 323 g/mol. The van der Waals surface area contributed by atoms with Crippen molar-refractivity contribution in [2.45, 2.75) is 11.9 Å². The number of benzene rings is 2. The van der Waals surface area contributed by atoms with Gasteiger partial charge in [0.25, 0.3) is 0 Å². The zero-order valence-electron chi connectivity index (χ0n) is 10.2. The van der Waals surface area contributed by atoms with E-state index < -0.39 is 0 Å². The molecule has 0 aliphatic carbocycles. The molecule has 1 nitrogen and oxygen atoms in total. The lowest BCUT2D eigenvalue weighted by Gasteiger charge is -2.19. The zero-order valence-corrected chi connectivity index (χ0v) is 12.6. The first-order valence-corrected chi connectivity index (χ1v) is 7.29. The molecule has 2 aromatic carbocycles. The SMILES string of the molecule is CN(Cc1ccc(Cl)cc1)c1ccc(CBr)cc1. The maximum absolute atomic E-state index is 5.88. The summed E-state index contributed by atoms with van der Waals surface area (Å²) in [6.45, 7) is 0.880. The minimum Gasteiger partial charge on any atom is -0.370 e. The standard InChI is InChI=1S/C15H15BrClN/c1-18(11-13-2-6-14(17)7-3-13)15-8-4-12(10-16)5-9-15/h2-9H,10-11H2,1H3. The largest absolute Gasteiger partial charge is 0.370 e. The van der Waals surface area contributed by atoms with Crippen molar-refractivity contribution in [1.29, 1.82) is 0 Å². The van der Waals surface area contributed by atoms with Gasteiger partial charge in [-0.15, -0.1) is 0 Å². The van der Waals surface area contributed by atoms with Crippen LogP contribution in [0.25, 0.3) is 0 Å². The van der Waals surface area contributed by atoms with E-state index in [-0.39, 0.29) is 0 Å². The first-order valence-electron chi connectivity index (χ1n) is 5.79. The molecule has 0 aliphatic heterocycles. The van der Waals surface area contributed by atoms with Crippen LogP contribution < -0.4 is 4.90 Å². The van der Waals surface area contributed by atoms with Gasteiger partial charge in [0.15, 0.2) is 0 Å². The van der Waals surface area contributed by atoms with Crippen LogP contribution in [0.5, 0.6) is 0 Å². The van der Waals surface area contributed by atoms with Gasteiger partial charge in [0.2, 0.25) is 0 Å². The number of rotatable bonds is 4. The second kappa shape index (κ2) is 6.26. The smallest absolute Gasteiger partial charge is 0.0426 e. The summed E-state index contributed by atoms with van der Waals surface area (Å²) in [6.07, 6.45) is 0. The fraction of sp³-hybridized carbons (Fsp3) is 0.200. The van der Waals surface area contributed by atoms with Crippen LogP contribution in [-0.2, 0) is 11.9 Å². The number of nitrogens with zero attached hydrogens (tertiary/aromatic N) is 1. The highest BCUT2D eigenvalue weighted by Crippen LogP contribution is 2.18. The Bertz CT molecular complexity index is 493. The number of alkyl halides is 1. The van der Waals surface area contributed by atoms with Crippen LogP contribution in [0, 0.1) is 0 Å². The van der Waals surface area contributed by atoms with Crippen molar-refractivity contribution in [3.8, 4) is 0 Å². The summed E-state index contributed by atoms with van der Waals surface area (Å²) in [4.78, 5) is 2.22. The summed E-state index contributed by atoms with van der Waals surface area (Å²) in [7, 11) is 2.09. The Morgan fingerprint density at radius 2 is 1.50 bits per heavy atom. The highest BCUT2D eigenvalue weighted by atomic mass is 79.9. The van der Waals surface area contributed by atoms with Gasteiger partial charge < -0.3 is 4.90 Å². The van der Waals surface area contributed by atoms with Gasteiger partial charge in [-0.25, -0.2) is 0 Å². The van der Waals surface area contributed by atoms with Crippen LogP contribution in [0.1, 0.15) is 11.1 Å². The Balaban J connectivity index is 2.06. The van der Waals surface area contributed by atoms with E-state index in [1.807, 2.05) is 12.1 Å². The average molecular weight is 325 g/mol. The normalized spacial score (nSPS) is 10.4. The third kappa shape index (κ3) is 3.50. The predicted molar refractivity (Wildman–Crippen MR) is 82.6 cm³/mol. The van der Waals surface area contributed by atoms with E-state index in [1.54, 1.807) is 0 Å². The van der Waals surface area contributed by atoms with Gasteiger partial charge in [0.05, 0.1) is 0 Å². The summed E-state index contributed by atoms with van der Waals surface area (Å²) in [5, 5.41) is 1.68. The van der Waals surface area contributed by atoms with E-state index in [9.17, 15) is 0 Å². The fourth-order valence-electron chi connectivity index (χ4n) is 1.79. The van der Waals surface area contributed by atoms with E-state index in [0.717, 1.165) is 16.9 Å². The molecule has 3 heteroatoms. The van der Waals surface area contributed by atoms with Crippen molar-refractivity contribution in [2.75, 3.05) is 11.9 Å².